The van der Waals surface area contributed by atoms with Crippen LogP contribution in [0.3, 0.4) is 0 Å². The Kier molecular flexibility index (Phi) is 5.33. The minimum atomic E-state index is -0.301. The summed E-state index contributed by atoms with van der Waals surface area (Å²) in [4.78, 5) is 9.22. The molecular formula is C24H18ClFN4O2. The molecule has 3 aromatic heterocycles. The van der Waals surface area contributed by atoms with Crippen LogP contribution in [-0.2, 0) is 12.8 Å². The molecule has 0 spiro atoms. The first-order valence-corrected chi connectivity index (χ1v) is 10.5. The highest BCUT2D eigenvalue weighted by molar-refractivity contribution is 6.30. The molecule has 0 saturated carbocycles. The maximum absolute atomic E-state index is 13.0. The topological polar surface area (TPSA) is 65.5 Å². The number of rotatable bonds is 6. The molecule has 0 radical (unpaired) electrons. The molecule has 0 fully saturated rings. The van der Waals surface area contributed by atoms with E-state index in [9.17, 15) is 4.39 Å². The summed E-state index contributed by atoms with van der Waals surface area (Å²) >= 11 is 6.17. The Morgan fingerprint density at radius 1 is 0.969 bits per heavy atom. The lowest BCUT2D eigenvalue weighted by Crippen LogP contribution is -1.94. The van der Waals surface area contributed by atoms with Gasteiger partial charge in [0.2, 0.25) is 0 Å². The maximum Gasteiger partial charge on any atom is 0.276 e. The largest absolute Gasteiger partial charge is 0.457 e. The van der Waals surface area contributed by atoms with Crippen LogP contribution in [0.1, 0.15) is 24.0 Å². The van der Waals surface area contributed by atoms with Crippen LogP contribution in [0.2, 0.25) is 5.02 Å². The molecule has 160 valence electrons. The number of halogens is 2. The monoisotopic (exact) mass is 448 g/mol. The lowest BCUT2D eigenvalue weighted by Gasteiger charge is -2.06. The fourth-order valence-corrected chi connectivity index (χ4v) is 3.62. The third kappa shape index (κ3) is 4.07. The number of benzene rings is 2. The highest BCUT2D eigenvalue weighted by atomic mass is 35.5. The van der Waals surface area contributed by atoms with E-state index < -0.39 is 0 Å². The molecule has 0 aliphatic rings. The van der Waals surface area contributed by atoms with E-state index in [1.54, 1.807) is 24.4 Å². The summed E-state index contributed by atoms with van der Waals surface area (Å²) in [6, 6.07) is 17.1. The van der Waals surface area contributed by atoms with Crippen LogP contribution in [0.15, 0.2) is 71.4 Å². The summed E-state index contributed by atoms with van der Waals surface area (Å²) < 4.78 is 26.2. The summed E-state index contributed by atoms with van der Waals surface area (Å²) in [5, 5.41) is 4.74. The van der Waals surface area contributed by atoms with Gasteiger partial charge < -0.3 is 9.26 Å². The zero-order chi connectivity index (χ0) is 22.1. The number of pyridine rings is 1. The number of aryl methyl sites for hydroxylation is 1. The third-order valence-electron chi connectivity index (χ3n) is 5.00. The first-order valence-electron chi connectivity index (χ1n) is 10.1. The van der Waals surface area contributed by atoms with Crippen molar-refractivity contribution in [2.75, 3.05) is 0 Å². The Morgan fingerprint density at radius 2 is 1.69 bits per heavy atom. The van der Waals surface area contributed by atoms with Gasteiger partial charge in [-0.25, -0.2) is 9.37 Å². The SMILES string of the molecule is CCc1nc2ccc(Cl)cn2c1-c1nc(Cc2ccc(Oc3ccc(F)cc3)cc2)no1. The van der Waals surface area contributed by atoms with Crippen LogP contribution in [0, 0.1) is 5.82 Å². The molecule has 5 rings (SSSR count). The number of ether oxygens (including phenoxy) is 1. The van der Waals surface area contributed by atoms with Crippen molar-refractivity contribution >= 4 is 17.2 Å². The van der Waals surface area contributed by atoms with E-state index in [1.165, 1.54) is 12.1 Å². The fourth-order valence-electron chi connectivity index (χ4n) is 3.46. The molecule has 8 heteroatoms. The summed E-state index contributed by atoms with van der Waals surface area (Å²) in [5.74, 6) is 1.89. The molecule has 3 heterocycles. The molecule has 0 amide bonds. The van der Waals surface area contributed by atoms with E-state index in [-0.39, 0.29) is 5.82 Å². The summed E-state index contributed by atoms with van der Waals surface area (Å²) in [6.07, 6.45) is 3.02. The van der Waals surface area contributed by atoms with Gasteiger partial charge in [0.15, 0.2) is 5.82 Å². The zero-order valence-electron chi connectivity index (χ0n) is 17.1. The highest BCUT2D eigenvalue weighted by Gasteiger charge is 2.19. The van der Waals surface area contributed by atoms with E-state index in [4.69, 9.17) is 20.9 Å². The summed E-state index contributed by atoms with van der Waals surface area (Å²) in [7, 11) is 0. The quantitative estimate of drug-likeness (QED) is 0.313. The molecule has 32 heavy (non-hydrogen) atoms. The second-order valence-electron chi connectivity index (χ2n) is 7.23. The fraction of sp³-hybridized carbons (Fsp3) is 0.125. The van der Waals surface area contributed by atoms with E-state index in [1.807, 2.05) is 41.7 Å². The maximum atomic E-state index is 13.0. The van der Waals surface area contributed by atoms with Gasteiger partial charge in [0.05, 0.1) is 10.7 Å². The van der Waals surface area contributed by atoms with Crippen molar-refractivity contribution in [3.8, 4) is 23.1 Å². The molecule has 5 aromatic rings. The number of fused-ring (bicyclic) bond motifs is 1. The van der Waals surface area contributed by atoms with E-state index >= 15 is 0 Å². The molecule has 0 aliphatic heterocycles. The average molecular weight is 449 g/mol. The van der Waals surface area contributed by atoms with Crippen LogP contribution in [0.25, 0.3) is 17.2 Å². The third-order valence-corrected chi connectivity index (χ3v) is 5.22. The van der Waals surface area contributed by atoms with Gasteiger partial charge in [-0.15, -0.1) is 0 Å². The van der Waals surface area contributed by atoms with Gasteiger partial charge >= 0.3 is 0 Å². The Bertz CT molecular complexity index is 1380. The highest BCUT2D eigenvalue weighted by Crippen LogP contribution is 2.27. The standard InChI is InChI=1S/C24H18ClFN4O2/c1-2-20-23(30-14-16(25)5-12-22(30)27-20)24-28-21(29-32-24)13-15-3-8-18(9-4-15)31-19-10-6-17(26)7-11-19/h3-12,14H,2,13H2,1H3. The molecule has 0 bridgehead atoms. The van der Waals surface area contributed by atoms with Gasteiger partial charge in [-0.2, -0.15) is 4.98 Å². The Hall–Kier alpha value is -3.71. The van der Waals surface area contributed by atoms with Crippen LogP contribution in [-0.4, -0.2) is 19.5 Å². The van der Waals surface area contributed by atoms with Gasteiger partial charge in [0.1, 0.15) is 28.7 Å². The lowest BCUT2D eigenvalue weighted by molar-refractivity contribution is 0.422. The Morgan fingerprint density at radius 3 is 2.41 bits per heavy atom. The first-order chi connectivity index (χ1) is 15.6. The van der Waals surface area contributed by atoms with Crippen LogP contribution >= 0.6 is 11.6 Å². The van der Waals surface area contributed by atoms with Gasteiger partial charge in [0, 0.05) is 12.6 Å². The Labute approximate surface area is 188 Å². The van der Waals surface area contributed by atoms with E-state index in [2.05, 4.69) is 15.1 Å². The zero-order valence-corrected chi connectivity index (χ0v) is 17.9. The second kappa shape index (κ2) is 8.43. The number of hydrogen-bond acceptors (Lipinski definition) is 5. The van der Waals surface area contributed by atoms with Crippen molar-refractivity contribution in [3.63, 3.8) is 0 Å². The number of aromatic nitrogens is 4. The van der Waals surface area contributed by atoms with Gasteiger partial charge in [0.25, 0.3) is 5.89 Å². The van der Waals surface area contributed by atoms with Crippen molar-refractivity contribution in [1.29, 1.82) is 0 Å². The number of hydrogen-bond donors (Lipinski definition) is 0. The molecule has 6 nitrogen and oxygen atoms in total. The second-order valence-corrected chi connectivity index (χ2v) is 7.67. The molecule has 0 atom stereocenters. The number of nitrogens with zero attached hydrogens (tertiary/aromatic N) is 4. The minimum Gasteiger partial charge on any atom is -0.457 e. The smallest absolute Gasteiger partial charge is 0.276 e. The van der Waals surface area contributed by atoms with Gasteiger partial charge in [-0.05, 0) is 60.5 Å². The van der Waals surface area contributed by atoms with Crippen molar-refractivity contribution in [2.45, 2.75) is 19.8 Å². The molecule has 0 unspecified atom stereocenters. The van der Waals surface area contributed by atoms with Gasteiger partial charge in [-0.1, -0.05) is 35.8 Å². The lowest BCUT2D eigenvalue weighted by atomic mass is 10.1. The first kappa shape index (κ1) is 20.2. The summed E-state index contributed by atoms with van der Waals surface area (Å²) in [6.45, 7) is 2.03. The van der Waals surface area contributed by atoms with E-state index in [0.29, 0.717) is 34.7 Å². The van der Waals surface area contributed by atoms with Crippen LogP contribution in [0.5, 0.6) is 11.5 Å². The van der Waals surface area contributed by atoms with Crippen LogP contribution in [0.4, 0.5) is 4.39 Å². The van der Waals surface area contributed by atoms with Crippen molar-refractivity contribution in [3.05, 3.63) is 94.8 Å². The number of imidazole rings is 1. The molecule has 0 N–H and O–H groups in total. The minimum absolute atomic E-state index is 0.301. The molecule has 0 aliphatic carbocycles. The molecule has 2 aromatic carbocycles. The van der Waals surface area contributed by atoms with Crippen LogP contribution < -0.4 is 4.74 Å². The summed E-state index contributed by atoms with van der Waals surface area (Å²) in [5.41, 5.74) is 3.40. The van der Waals surface area contributed by atoms with Crippen molar-refractivity contribution in [1.82, 2.24) is 19.5 Å². The predicted octanol–water partition coefficient (Wildman–Crippen LogP) is 6.12. The molecule has 0 saturated heterocycles. The Balaban J connectivity index is 1.35. The van der Waals surface area contributed by atoms with Gasteiger partial charge in [-0.3, -0.25) is 4.40 Å². The van der Waals surface area contributed by atoms with E-state index in [0.717, 1.165) is 29.0 Å². The molecular weight excluding hydrogens is 431 g/mol. The average Bonchev–Trinajstić information content (AvgIpc) is 3.40. The normalized spacial score (nSPS) is 11.2. The predicted molar refractivity (Wildman–Crippen MR) is 119 cm³/mol. The van der Waals surface area contributed by atoms with Crippen molar-refractivity contribution < 1.29 is 13.7 Å². The van der Waals surface area contributed by atoms with Crippen molar-refractivity contribution in [2.24, 2.45) is 0 Å².